The third kappa shape index (κ3) is 1.86. The van der Waals surface area contributed by atoms with Crippen molar-refractivity contribution in [2.75, 3.05) is 17.2 Å². The number of nitrogen functional groups attached to an aromatic ring is 1. The average molecular weight is 269 g/mol. The van der Waals surface area contributed by atoms with Crippen molar-refractivity contribution in [3.63, 3.8) is 0 Å². The Bertz CT molecular complexity index is 385. The lowest BCUT2D eigenvalue weighted by Gasteiger charge is -2.20. The minimum absolute atomic E-state index is 0.137. The number of amides is 1. The Kier molecular flexibility index (Phi) is 2.69. The van der Waals surface area contributed by atoms with Gasteiger partial charge in [0.25, 0.3) is 0 Å². The third-order valence-corrected chi connectivity index (χ3v) is 3.23. The van der Waals surface area contributed by atoms with Crippen LogP contribution in [0.25, 0.3) is 0 Å². The summed E-state index contributed by atoms with van der Waals surface area (Å²) in [6, 6.07) is 5.71. The monoisotopic (exact) mass is 268 g/mol. The topological polar surface area (TPSA) is 46.3 Å². The van der Waals surface area contributed by atoms with Crippen LogP contribution in [-0.4, -0.2) is 17.3 Å². The minimum atomic E-state index is 0.137. The Morgan fingerprint density at radius 3 is 2.80 bits per heavy atom. The minimum Gasteiger partial charge on any atom is -0.397 e. The number of carbonyl (C=O) groups excluding carboxylic acids is 1. The number of carbonyl (C=O) groups is 1. The number of alkyl halides is 1. The molecule has 1 aromatic rings. The van der Waals surface area contributed by atoms with Gasteiger partial charge in [-0.3, -0.25) is 4.79 Å². The predicted octanol–water partition coefficient (Wildman–Crippen LogP) is 2.08. The number of nitrogens with two attached hydrogens (primary N) is 1. The van der Waals surface area contributed by atoms with Crippen molar-refractivity contribution < 1.29 is 4.79 Å². The van der Waals surface area contributed by atoms with Crippen LogP contribution in [0.2, 0.25) is 0 Å². The second-order valence-electron chi connectivity index (χ2n) is 3.82. The van der Waals surface area contributed by atoms with Gasteiger partial charge in [-0.2, -0.15) is 0 Å². The van der Waals surface area contributed by atoms with Crippen molar-refractivity contribution in [1.82, 2.24) is 0 Å². The lowest BCUT2D eigenvalue weighted by atomic mass is 10.1. The van der Waals surface area contributed by atoms with Crippen LogP contribution in [0.3, 0.4) is 0 Å². The molecule has 0 bridgehead atoms. The summed E-state index contributed by atoms with van der Waals surface area (Å²) in [5, 5.41) is 0. The molecule has 0 aromatic heterocycles. The normalized spacial score (nSPS) is 21.1. The lowest BCUT2D eigenvalue weighted by Crippen LogP contribution is -2.26. The zero-order valence-electron chi connectivity index (χ0n) is 8.53. The number of nitrogens with zero attached hydrogens (tertiary/aromatic N) is 1. The van der Waals surface area contributed by atoms with Crippen molar-refractivity contribution >= 4 is 33.2 Å². The SMILES string of the molecule is Cc1cccc(N)c1N1CC(Br)CC1=O. The van der Waals surface area contributed by atoms with Gasteiger partial charge in [-0.05, 0) is 18.6 Å². The number of hydrogen-bond acceptors (Lipinski definition) is 2. The fraction of sp³-hybridized carbons (Fsp3) is 0.364. The van der Waals surface area contributed by atoms with Crippen LogP contribution in [0.5, 0.6) is 0 Å². The summed E-state index contributed by atoms with van der Waals surface area (Å²) >= 11 is 3.46. The van der Waals surface area contributed by atoms with Gasteiger partial charge in [0.15, 0.2) is 0 Å². The molecule has 0 radical (unpaired) electrons. The van der Waals surface area contributed by atoms with Gasteiger partial charge in [-0.1, -0.05) is 28.1 Å². The number of hydrogen-bond donors (Lipinski definition) is 1. The molecule has 2 rings (SSSR count). The average Bonchev–Trinajstić information content (AvgIpc) is 2.45. The summed E-state index contributed by atoms with van der Waals surface area (Å²) in [4.78, 5) is 13.7. The summed E-state index contributed by atoms with van der Waals surface area (Å²) < 4.78 is 0. The van der Waals surface area contributed by atoms with E-state index in [-0.39, 0.29) is 10.7 Å². The molecule has 4 heteroatoms. The van der Waals surface area contributed by atoms with Crippen molar-refractivity contribution in [3.05, 3.63) is 23.8 Å². The smallest absolute Gasteiger partial charge is 0.228 e. The molecule has 3 nitrogen and oxygen atoms in total. The van der Waals surface area contributed by atoms with E-state index in [9.17, 15) is 4.79 Å². The zero-order valence-corrected chi connectivity index (χ0v) is 10.1. The molecule has 2 N–H and O–H groups in total. The van der Waals surface area contributed by atoms with E-state index >= 15 is 0 Å². The van der Waals surface area contributed by atoms with Gasteiger partial charge in [0, 0.05) is 17.8 Å². The maximum atomic E-state index is 11.7. The van der Waals surface area contributed by atoms with E-state index in [1.165, 1.54) is 0 Å². The van der Waals surface area contributed by atoms with Crippen molar-refractivity contribution in [2.24, 2.45) is 0 Å². The molecular weight excluding hydrogens is 256 g/mol. The van der Waals surface area contributed by atoms with E-state index in [2.05, 4.69) is 15.9 Å². The van der Waals surface area contributed by atoms with Crippen molar-refractivity contribution in [1.29, 1.82) is 0 Å². The molecule has 0 spiro atoms. The third-order valence-electron chi connectivity index (χ3n) is 2.62. The molecule has 1 unspecified atom stereocenters. The fourth-order valence-electron chi connectivity index (χ4n) is 1.93. The Morgan fingerprint density at radius 2 is 2.27 bits per heavy atom. The lowest BCUT2D eigenvalue weighted by molar-refractivity contribution is -0.117. The van der Waals surface area contributed by atoms with Gasteiger partial charge in [-0.25, -0.2) is 0 Å². The van der Waals surface area contributed by atoms with Gasteiger partial charge >= 0.3 is 0 Å². The highest BCUT2D eigenvalue weighted by Gasteiger charge is 2.30. The molecule has 1 aliphatic heterocycles. The van der Waals surface area contributed by atoms with E-state index in [1.54, 1.807) is 4.90 Å². The van der Waals surface area contributed by atoms with Crippen LogP contribution in [-0.2, 0) is 4.79 Å². The van der Waals surface area contributed by atoms with Crippen LogP contribution in [0.4, 0.5) is 11.4 Å². The first-order chi connectivity index (χ1) is 7.09. The van der Waals surface area contributed by atoms with Crippen LogP contribution in [0.15, 0.2) is 18.2 Å². The zero-order chi connectivity index (χ0) is 11.0. The quantitative estimate of drug-likeness (QED) is 0.626. The highest BCUT2D eigenvalue weighted by Crippen LogP contribution is 2.32. The molecule has 1 fully saturated rings. The molecule has 1 atom stereocenters. The molecule has 1 amide bonds. The fourth-order valence-corrected chi connectivity index (χ4v) is 2.50. The van der Waals surface area contributed by atoms with Crippen LogP contribution >= 0.6 is 15.9 Å². The summed E-state index contributed by atoms with van der Waals surface area (Å²) in [6.45, 7) is 2.68. The maximum Gasteiger partial charge on any atom is 0.228 e. The van der Waals surface area contributed by atoms with Crippen LogP contribution in [0.1, 0.15) is 12.0 Å². The number of rotatable bonds is 1. The summed E-state index contributed by atoms with van der Waals surface area (Å²) in [5.41, 5.74) is 8.48. The largest absolute Gasteiger partial charge is 0.397 e. The van der Waals surface area contributed by atoms with E-state index in [0.717, 1.165) is 11.3 Å². The molecular formula is C11H13BrN2O. The second kappa shape index (κ2) is 3.85. The second-order valence-corrected chi connectivity index (χ2v) is 5.11. The summed E-state index contributed by atoms with van der Waals surface area (Å²) in [5.74, 6) is 0.137. The van der Waals surface area contributed by atoms with Gasteiger partial charge in [0.2, 0.25) is 5.91 Å². The highest BCUT2D eigenvalue weighted by molar-refractivity contribution is 9.09. The van der Waals surface area contributed by atoms with Gasteiger partial charge < -0.3 is 10.6 Å². The Balaban J connectivity index is 2.41. The van der Waals surface area contributed by atoms with E-state index in [1.807, 2.05) is 25.1 Å². The highest BCUT2D eigenvalue weighted by atomic mass is 79.9. The summed E-state index contributed by atoms with van der Waals surface area (Å²) in [6.07, 6.45) is 0.549. The number of halogens is 1. The molecule has 1 aromatic carbocycles. The van der Waals surface area contributed by atoms with Crippen LogP contribution < -0.4 is 10.6 Å². The molecule has 1 saturated heterocycles. The Labute approximate surface area is 97.4 Å². The molecule has 80 valence electrons. The molecule has 0 aliphatic carbocycles. The molecule has 0 saturated carbocycles. The van der Waals surface area contributed by atoms with Crippen LogP contribution in [0, 0.1) is 6.92 Å². The number of anilines is 2. The summed E-state index contributed by atoms with van der Waals surface area (Å²) in [7, 11) is 0. The van der Waals surface area contributed by atoms with Crippen molar-refractivity contribution in [2.45, 2.75) is 18.2 Å². The predicted molar refractivity (Wildman–Crippen MR) is 65.3 cm³/mol. The first-order valence-corrected chi connectivity index (χ1v) is 5.80. The Hall–Kier alpha value is -1.03. The van der Waals surface area contributed by atoms with E-state index < -0.39 is 0 Å². The van der Waals surface area contributed by atoms with E-state index in [0.29, 0.717) is 18.7 Å². The molecule has 15 heavy (non-hydrogen) atoms. The van der Waals surface area contributed by atoms with Gasteiger partial charge in [0.1, 0.15) is 0 Å². The first-order valence-electron chi connectivity index (χ1n) is 4.89. The van der Waals surface area contributed by atoms with Gasteiger partial charge in [-0.15, -0.1) is 0 Å². The number of benzene rings is 1. The van der Waals surface area contributed by atoms with Crippen molar-refractivity contribution in [3.8, 4) is 0 Å². The number of aryl methyl sites for hydroxylation is 1. The Morgan fingerprint density at radius 1 is 1.53 bits per heavy atom. The maximum absolute atomic E-state index is 11.7. The number of para-hydroxylation sites is 1. The first kappa shape index (κ1) is 10.5. The molecule has 1 aliphatic rings. The van der Waals surface area contributed by atoms with E-state index in [4.69, 9.17) is 5.73 Å². The molecule has 1 heterocycles. The van der Waals surface area contributed by atoms with Gasteiger partial charge in [0.05, 0.1) is 11.4 Å². The standard InChI is InChI=1S/C11H13BrN2O/c1-7-3-2-4-9(13)11(7)14-6-8(12)5-10(14)15/h2-4,8H,5-6,13H2,1H3.